The lowest BCUT2D eigenvalue weighted by Crippen LogP contribution is -1.95. The van der Waals surface area contributed by atoms with Crippen LogP contribution in [0.15, 0.2) is 77.2 Å². The molecule has 0 aliphatic carbocycles. The van der Waals surface area contributed by atoms with Crippen LogP contribution in [0.1, 0.15) is 5.56 Å². The summed E-state index contributed by atoms with van der Waals surface area (Å²) in [6.07, 6.45) is 0. The molecule has 0 aliphatic heterocycles. The van der Waals surface area contributed by atoms with Crippen LogP contribution in [0.25, 0.3) is 33.7 Å². The molecular weight excluding hydrogens is 284 g/mol. The second-order valence-corrected chi connectivity index (χ2v) is 5.47. The highest BCUT2D eigenvalue weighted by Gasteiger charge is 2.09. The van der Waals surface area contributed by atoms with Crippen molar-refractivity contribution in [2.45, 2.75) is 6.54 Å². The number of hydrogen-bond donors (Lipinski definition) is 1. The number of aromatic nitrogens is 1. The first-order chi connectivity index (χ1) is 11.3. The zero-order valence-corrected chi connectivity index (χ0v) is 12.6. The summed E-state index contributed by atoms with van der Waals surface area (Å²) in [7, 11) is 0. The summed E-state index contributed by atoms with van der Waals surface area (Å²) in [4.78, 5) is 4.63. The lowest BCUT2D eigenvalue weighted by Gasteiger charge is -1.99. The second kappa shape index (κ2) is 5.71. The number of nitrogens with two attached hydrogens (primary N) is 1. The number of rotatable bonds is 3. The molecule has 1 heterocycles. The minimum absolute atomic E-state index is 0.536. The van der Waals surface area contributed by atoms with Crippen LogP contribution in [-0.2, 0) is 6.54 Å². The van der Waals surface area contributed by atoms with Gasteiger partial charge in [-0.05, 0) is 41.0 Å². The average Bonchev–Trinajstić information content (AvgIpc) is 3.06. The molecule has 0 saturated carbocycles. The van der Waals surface area contributed by atoms with Gasteiger partial charge in [0.05, 0.1) is 0 Å². The number of oxazole rings is 1. The highest BCUT2D eigenvalue weighted by molar-refractivity contribution is 5.82. The molecule has 0 spiro atoms. The summed E-state index contributed by atoms with van der Waals surface area (Å²) in [5, 5.41) is 0. The molecule has 23 heavy (non-hydrogen) atoms. The van der Waals surface area contributed by atoms with Crippen LogP contribution in [0.3, 0.4) is 0 Å². The van der Waals surface area contributed by atoms with Gasteiger partial charge in [-0.15, -0.1) is 0 Å². The molecule has 2 N–H and O–H groups in total. The molecule has 3 nitrogen and oxygen atoms in total. The Hall–Kier alpha value is -2.91. The van der Waals surface area contributed by atoms with E-state index in [9.17, 15) is 0 Å². The highest BCUT2D eigenvalue weighted by atomic mass is 16.3. The Kier molecular flexibility index (Phi) is 3.41. The van der Waals surface area contributed by atoms with Crippen molar-refractivity contribution in [2.75, 3.05) is 0 Å². The molecule has 0 atom stereocenters. The molecule has 0 bridgehead atoms. The monoisotopic (exact) mass is 300 g/mol. The fourth-order valence-corrected chi connectivity index (χ4v) is 2.64. The molecule has 1 aromatic heterocycles. The van der Waals surface area contributed by atoms with E-state index in [-0.39, 0.29) is 0 Å². The van der Waals surface area contributed by atoms with Gasteiger partial charge in [0.15, 0.2) is 5.58 Å². The fraction of sp³-hybridized carbons (Fsp3) is 0.0500. The van der Waals surface area contributed by atoms with Gasteiger partial charge in [0, 0.05) is 12.1 Å². The Balaban J connectivity index is 1.75. The van der Waals surface area contributed by atoms with Crippen molar-refractivity contribution in [3.8, 4) is 22.6 Å². The Labute approximate surface area is 134 Å². The van der Waals surface area contributed by atoms with Gasteiger partial charge in [-0.2, -0.15) is 0 Å². The van der Waals surface area contributed by atoms with Crippen LogP contribution < -0.4 is 5.73 Å². The molecule has 4 aromatic rings. The lowest BCUT2D eigenvalue weighted by atomic mass is 10.1. The summed E-state index contributed by atoms with van der Waals surface area (Å²) >= 11 is 0. The zero-order valence-electron chi connectivity index (χ0n) is 12.6. The van der Waals surface area contributed by atoms with Crippen LogP contribution in [0, 0.1) is 0 Å². The van der Waals surface area contributed by atoms with Crippen molar-refractivity contribution >= 4 is 11.1 Å². The van der Waals surface area contributed by atoms with Crippen molar-refractivity contribution < 1.29 is 4.42 Å². The van der Waals surface area contributed by atoms with Crippen molar-refractivity contribution in [3.63, 3.8) is 0 Å². The van der Waals surface area contributed by atoms with Gasteiger partial charge in [0.2, 0.25) is 5.89 Å². The molecule has 4 rings (SSSR count). The van der Waals surface area contributed by atoms with Gasteiger partial charge in [-0.25, -0.2) is 4.98 Å². The largest absolute Gasteiger partial charge is 0.436 e. The van der Waals surface area contributed by atoms with E-state index in [2.05, 4.69) is 29.2 Å². The van der Waals surface area contributed by atoms with E-state index >= 15 is 0 Å². The molecule has 3 heteroatoms. The predicted octanol–water partition coefficient (Wildman–Crippen LogP) is 4.62. The third kappa shape index (κ3) is 2.62. The maximum atomic E-state index is 5.88. The van der Waals surface area contributed by atoms with E-state index in [1.165, 1.54) is 5.56 Å². The van der Waals surface area contributed by atoms with Crippen LogP contribution in [0.5, 0.6) is 0 Å². The SMILES string of the molecule is NCc1ccc(-c2nc3cc(-c4ccccc4)ccc3o2)cc1. The van der Waals surface area contributed by atoms with Gasteiger partial charge in [0.25, 0.3) is 0 Å². The quantitative estimate of drug-likeness (QED) is 0.600. The third-order valence-corrected chi connectivity index (χ3v) is 3.93. The number of nitrogens with zero attached hydrogens (tertiary/aromatic N) is 1. The minimum atomic E-state index is 0.536. The van der Waals surface area contributed by atoms with Crippen LogP contribution in [-0.4, -0.2) is 4.98 Å². The second-order valence-electron chi connectivity index (χ2n) is 5.47. The highest BCUT2D eigenvalue weighted by Crippen LogP contribution is 2.28. The molecule has 0 fully saturated rings. The van der Waals surface area contributed by atoms with E-state index in [0.29, 0.717) is 12.4 Å². The third-order valence-electron chi connectivity index (χ3n) is 3.93. The minimum Gasteiger partial charge on any atom is -0.436 e. The molecule has 0 radical (unpaired) electrons. The summed E-state index contributed by atoms with van der Waals surface area (Å²) in [6.45, 7) is 0.536. The van der Waals surface area contributed by atoms with Crippen LogP contribution >= 0.6 is 0 Å². The number of fused-ring (bicyclic) bond motifs is 1. The van der Waals surface area contributed by atoms with Crippen molar-refractivity contribution in [3.05, 3.63) is 78.4 Å². The Morgan fingerprint density at radius 1 is 0.783 bits per heavy atom. The van der Waals surface area contributed by atoms with Crippen LogP contribution in [0.4, 0.5) is 0 Å². The van der Waals surface area contributed by atoms with Crippen molar-refractivity contribution in [1.82, 2.24) is 4.98 Å². The number of benzene rings is 3. The molecule has 0 aliphatic rings. The van der Waals surface area contributed by atoms with Gasteiger partial charge in [0.1, 0.15) is 5.52 Å². The summed E-state index contributed by atoms with van der Waals surface area (Å²) in [5.74, 6) is 0.633. The van der Waals surface area contributed by atoms with Crippen molar-refractivity contribution in [1.29, 1.82) is 0 Å². The summed E-state index contributed by atoms with van der Waals surface area (Å²) < 4.78 is 5.88. The maximum absolute atomic E-state index is 5.88. The normalized spacial score (nSPS) is 11.0. The first kappa shape index (κ1) is 13.7. The molecule has 112 valence electrons. The summed E-state index contributed by atoms with van der Waals surface area (Å²) in [6, 6.07) is 24.3. The van der Waals surface area contributed by atoms with Gasteiger partial charge in [-0.1, -0.05) is 48.5 Å². The van der Waals surface area contributed by atoms with Crippen LogP contribution in [0.2, 0.25) is 0 Å². The Morgan fingerprint density at radius 3 is 2.26 bits per heavy atom. The Bertz CT molecular complexity index is 940. The van der Waals surface area contributed by atoms with E-state index in [0.717, 1.165) is 27.8 Å². The smallest absolute Gasteiger partial charge is 0.227 e. The first-order valence-corrected chi connectivity index (χ1v) is 7.59. The Morgan fingerprint density at radius 2 is 1.52 bits per heavy atom. The summed E-state index contributed by atoms with van der Waals surface area (Å²) in [5.41, 5.74) is 11.7. The van der Waals surface area contributed by atoms with E-state index in [1.54, 1.807) is 0 Å². The van der Waals surface area contributed by atoms with E-state index < -0.39 is 0 Å². The molecule has 0 amide bonds. The first-order valence-electron chi connectivity index (χ1n) is 7.59. The maximum Gasteiger partial charge on any atom is 0.227 e. The molecule has 3 aromatic carbocycles. The fourth-order valence-electron chi connectivity index (χ4n) is 2.64. The van der Waals surface area contributed by atoms with Gasteiger partial charge >= 0.3 is 0 Å². The predicted molar refractivity (Wildman–Crippen MR) is 92.8 cm³/mol. The van der Waals surface area contributed by atoms with Crippen molar-refractivity contribution in [2.24, 2.45) is 5.73 Å². The molecular formula is C20H16N2O. The standard InChI is InChI=1S/C20H16N2O/c21-13-14-6-8-16(9-7-14)20-22-18-12-17(10-11-19(18)23-20)15-4-2-1-3-5-15/h1-12H,13,21H2. The van der Waals surface area contributed by atoms with E-state index in [1.807, 2.05) is 48.5 Å². The lowest BCUT2D eigenvalue weighted by molar-refractivity contribution is 0.620. The van der Waals surface area contributed by atoms with E-state index in [4.69, 9.17) is 10.2 Å². The van der Waals surface area contributed by atoms with Gasteiger partial charge in [-0.3, -0.25) is 0 Å². The topological polar surface area (TPSA) is 52.0 Å². The number of hydrogen-bond acceptors (Lipinski definition) is 3. The van der Waals surface area contributed by atoms with Gasteiger partial charge < -0.3 is 10.2 Å². The average molecular weight is 300 g/mol. The molecule has 0 saturated heterocycles. The molecule has 0 unspecified atom stereocenters. The zero-order chi connectivity index (χ0) is 15.6.